The number of fused-ring (bicyclic) bond motifs is 2. The standard InChI is InChI=1S/C15H17N3O2/c1-10(19)18-8-12-5-14(18)6-13(12)9-20-15-4-11(7-16)2-3-17-15/h2-4,12-14H,5-6,8-9H2,1H3. The molecule has 2 heterocycles. The van der Waals surface area contributed by atoms with Gasteiger partial charge in [-0.2, -0.15) is 5.26 Å². The first-order valence-electron chi connectivity index (χ1n) is 6.93. The van der Waals surface area contributed by atoms with Crippen LogP contribution in [-0.2, 0) is 4.79 Å². The predicted molar refractivity (Wildman–Crippen MR) is 71.8 cm³/mol. The fourth-order valence-electron chi connectivity index (χ4n) is 3.40. The molecule has 0 spiro atoms. The Labute approximate surface area is 118 Å². The Balaban J connectivity index is 1.56. The van der Waals surface area contributed by atoms with Crippen molar-refractivity contribution in [2.45, 2.75) is 25.8 Å². The second-order valence-electron chi connectivity index (χ2n) is 5.62. The van der Waals surface area contributed by atoms with E-state index < -0.39 is 0 Å². The highest BCUT2D eigenvalue weighted by Gasteiger charge is 2.45. The van der Waals surface area contributed by atoms with Crippen LogP contribution in [0.2, 0.25) is 0 Å². The smallest absolute Gasteiger partial charge is 0.219 e. The molecule has 104 valence electrons. The lowest BCUT2D eigenvalue weighted by Gasteiger charge is -2.30. The molecule has 1 saturated heterocycles. The Morgan fingerprint density at radius 2 is 2.45 bits per heavy atom. The van der Waals surface area contributed by atoms with Crippen LogP contribution < -0.4 is 4.74 Å². The Kier molecular flexibility index (Phi) is 3.31. The van der Waals surface area contributed by atoms with Crippen LogP contribution in [0.4, 0.5) is 0 Å². The van der Waals surface area contributed by atoms with Crippen LogP contribution in [0.5, 0.6) is 5.88 Å². The SMILES string of the molecule is CC(=O)N1CC2CC1CC2COc1cc(C#N)ccn1. The molecular formula is C15H17N3O2. The quantitative estimate of drug-likeness (QED) is 0.837. The number of carbonyl (C=O) groups excluding carboxylic acids is 1. The molecule has 0 N–H and O–H groups in total. The van der Waals surface area contributed by atoms with Crippen molar-refractivity contribution in [3.8, 4) is 11.9 Å². The zero-order valence-electron chi connectivity index (χ0n) is 11.5. The molecule has 1 aliphatic carbocycles. The second kappa shape index (κ2) is 5.12. The number of ether oxygens (including phenoxy) is 1. The Morgan fingerprint density at radius 1 is 1.60 bits per heavy atom. The number of rotatable bonds is 3. The summed E-state index contributed by atoms with van der Waals surface area (Å²) in [6.45, 7) is 3.12. The topological polar surface area (TPSA) is 66.2 Å². The Hall–Kier alpha value is -2.09. The third kappa shape index (κ3) is 2.34. The van der Waals surface area contributed by atoms with Gasteiger partial charge >= 0.3 is 0 Å². The average Bonchev–Trinajstić information content (AvgIpc) is 3.05. The fourth-order valence-corrected chi connectivity index (χ4v) is 3.40. The third-order valence-corrected chi connectivity index (χ3v) is 4.40. The molecule has 3 rings (SSSR count). The molecule has 1 aromatic heterocycles. The van der Waals surface area contributed by atoms with Crippen LogP contribution in [0.3, 0.4) is 0 Å². The molecule has 20 heavy (non-hydrogen) atoms. The number of nitrogens with zero attached hydrogens (tertiary/aromatic N) is 3. The molecule has 5 heteroatoms. The zero-order valence-corrected chi connectivity index (χ0v) is 11.5. The number of nitriles is 1. The maximum Gasteiger partial charge on any atom is 0.219 e. The molecular weight excluding hydrogens is 254 g/mol. The van der Waals surface area contributed by atoms with Crippen molar-refractivity contribution < 1.29 is 9.53 Å². The lowest BCUT2D eigenvalue weighted by Crippen LogP contribution is -2.39. The maximum atomic E-state index is 11.4. The van der Waals surface area contributed by atoms with Crippen LogP contribution in [0.15, 0.2) is 18.3 Å². The summed E-state index contributed by atoms with van der Waals surface area (Å²) in [6.07, 6.45) is 3.70. The molecule has 2 bridgehead atoms. The number of hydrogen-bond acceptors (Lipinski definition) is 4. The molecule has 3 atom stereocenters. The van der Waals surface area contributed by atoms with Crippen molar-refractivity contribution in [1.82, 2.24) is 9.88 Å². The molecule has 1 saturated carbocycles. The van der Waals surface area contributed by atoms with E-state index in [1.54, 1.807) is 25.3 Å². The van der Waals surface area contributed by atoms with Gasteiger partial charge in [0.15, 0.2) is 0 Å². The van der Waals surface area contributed by atoms with Crippen LogP contribution >= 0.6 is 0 Å². The van der Waals surface area contributed by atoms with E-state index in [2.05, 4.69) is 11.1 Å². The van der Waals surface area contributed by atoms with Crippen LogP contribution in [0, 0.1) is 23.2 Å². The number of carbonyl (C=O) groups is 1. The normalized spacial score (nSPS) is 27.4. The van der Waals surface area contributed by atoms with Gasteiger partial charge in [0.05, 0.1) is 18.2 Å². The molecule has 1 aliphatic heterocycles. The summed E-state index contributed by atoms with van der Waals surface area (Å²) in [7, 11) is 0. The summed E-state index contributed by atoms with van der Waals surface area (Å²) < 4.78 is 5.72. The molecule has 2 aliphatic rings. The molecule has 3 unspecified atom stereocenters. The average molecular weight is 271 g/mol. The Bertz CT molecular complexity index is 566. The number of hydrogen-bond donors (Lipinski definition) is 0. The minimum absolute atomic E-state index is 0.181. The summed E-state index contributed by atoms with van der Waals surface area (Å²) in [5.74, 6) is 1.72. The lowest BCUT2D eigenvalue weighted by molar-refractivity contribution is -0.131. The van der Waals surface area contributed by atoms with E-state index in [1.165, 1.54) is 0 Å². The first-order valence-corrected chi connectivity index (χ1v) is 6.93. The molecule has 1 aromatic rings. The third-order valence-electron chi connectivity index (χ3n) is 4.40. The van der Waals surface area contributed by atoms with Gasteiger partial charge in [-0.1, -0.05) is 0 Å². The summed E-state index contributed by atoms with van der Waals surface area (Å²) in [4.78, 5) is 17.5. The summed E-state index contributed by atoms with van der Waals surface area (Å²) in [5, 5.41) is 8.84. The van der Waals surface area contributed by atoms with Crippen molar-refractivity contribution in [1.29, 1.82) is 5.26 Å². The van der Waals surface area contributed by atoms with E-state index in [1.807, 2.05) is 4.90 Å². The molecule has 0 aromatic carbocycles. The van der Waals surface area contributed by atoms with Gasteiger partial charge in [0.2, 0.25) is 11.8 Å². The monoisotopic (exact) mass is 271 g/mol. The van der Waals surface area contributed by atoms with Gasteiger partial charge in [-0.3, -0.25) is 4.79 Å². The molecule has 0 radical (unpaired) electrons. The van der Waals surface area contributed by atoms with Crippen LogP contribution in [0.25, 0.3) is 0 Å². The van der Waals surface area contributed by atoms with Crippen molar-refractivity contribution in [3.05, 3.63) is 23.9 Å². The number of amides is 1. The first-order chi connectivity index (χ1) is 9.67. The van der Waals surface area contributed by atoms with E-state index in [9.17, 15) is 4.79 Å². The summed E-state index contributed by atoms with van der Waals surface area (Å²) in [5.41, 5.74) is 0.561. The number of aromatic nitrogens is 1. The number of pyridine rings is 1. The largest absolute Gasteiger partial charge is 0.477 e. The van der Waals surface area contributed by atoms with E-state index in [-0.39, 0.29) is 5.91 Å². The fraction of sp³-hybridized carbons (Fsp3) is 0.533. The van der Waals surface area contributed by atoms with Gasteiger partial charge in [0.1, 0.15) is 0 Å². The zero-order chi connectivity index (χ0) is 14.1. The molecule has 2 fully saturated rings. The van der Waals surface area contributed by atoms with Crippen molar-refractivity contribution in [2.75, 3.05) is 13.2 Å². The van der Waals surface area contributed by atoms with Gasteiger partial charge in [0, 0.05) is 31.8 Å². The highest BCUT2D eigenvalue weighted by atomic mass is 16.5. The highest BCUT2D eigenvalue weighted by Crippen LogP contribution is 2.42. The number of likely N-dealkylation sites (tertiary alicyclic amines) is 1. The van der Waals surface area contributed by atoms with E-state index in [0.29, 0.717) is 35.9 Å². The van der Waals surface area contributed by atoms with E-state index in [4.69, 9.17) is 10.00 Å². The lowest BCUT2D eigenvalue weighted by atomic mass is 9.95. The number of piperidine rings is 1. The molecule has 1 amide bonds. The van der Waals surface area contributed by atoms with Gasteiger partial charge in [-0.15, -0.1) is 0 Å². The van der Waals surface area contributed by atoms with Crippen LogP contribution in [0.1, 0.15) is 25.3 Å². The minimum Gasteiger partial charge on any atom is -0.477 e. The van der Waals surface area contributed by atoms with Crippen molar-refractivity contribution >= 4 is 5.91 Å². The maximum absolute atomic E-state index is 11.4. The summed E-state index contributed by atoms with van der Waals surface area (Å²) in [6, 6.07) is 5.79. The van der Waals surface area contributed by atoms with Gasteiger partial charge in [-0.05, 0) is 30.7 Å². The van der Waals surface area contributed by atoms with Gasteiger partial charge in [-0.25, -0.2) is 4.98 Å². The van der Waals surface area contributed by atoms with Crippen molar-refractivity contribution in [3.63, 3.8) is 0 Å². The molecule has 5 nitrogen and oxygen atoms in total. The van der Waals surface area contributed by atoms with E-state index >= 15 is 0 Å². The van der Waals surface area contributed by atoms with Crippen LogP contribution in [-0.4, -0.2) is 35.0 Å². The highest BCUT2D eigenvalue weighted by molar-refractivity contribution is 5.74. The van der Waals surface area contributed by atoms with Crippen molar-refractivity contribution in [2.24, 2.45) is 11.8 Å². The minimum atomic E-state index is 0.181. The Morgan fingerprint density at radius 3 is 3.10 bits per heavy atom. The van der Waals surface area contributed by atoms with Gasteiger partial charge < -0.3 is 9.64 Å². The first kappa shape index (κ1) is 12.9. The predicted octanol–water partition coefficient (Wildman–Crippen LogP) is 1.59. The van der Waals surface area contributed by atoms with E-state index in [0.717, 1.165) is 19.4 Å². The van der Waals surface area contributed by atoms with Gasteiger partial charge in [0.25, 0.3) is 0 Å². The summed E-state index contributed by atoms with van der Waals surface area (Å²) >= 11 is 0. The second-order valence-corrected chi connectivity index (χ2v) is 5.62.